The molecular formula is C23H28N2O3. The molecule has 0 radical (unpaired) electrons. The van der Waals surface area contributed by atoms with Crippen molar-refractivity contribution in [2.45, 2.75) is 26.5 Å². The Bertz CT molecular complexity index is 811. The number of nitrogens with one attached hydrogen (secondary N) is 2. The van der Waals surface area contributed by atoms with E-state index in [1.807, 2.05) is 62.5 Å². The molecule has 0 atom stereocenters. The van der Waals surface area contributed by atoms with Crippen molar-refractivity contribution in [2.24, 2.45) is 0 Å². The summed E-state index contributed by atoms with van der Waals surface area (Å²) in [7, 11) is 3.58. The number of hydrogen-bond donors (Lipinski definition) is 2. The maximum Gasteiger partial charge on any atom is 0.211 e. The fourth-order valence-corrected chi connectivity index (χ4v) is 2.71. The van der Waals surface area contributed by atoms with E-state index in [9.17, 15) is 4.79 Å². The second kappa shape index (κ2) is 11.6. The Kier molecular flexibility index (Phi) is 8.82. The van der Waals surface area contributed by atoms with Crippen LogP contribution in [0.2, 0.25) is 0 Å². The largest absolute Gasteiger partial charge is 0.497 e. The van der Waals surface area contributed by atoms with Gasteiger partial charge in [-0.05, 0) is 61.4 Å². The lowest BCUT2D eigenvalue weighted by molar-refractivity contribution is -0.108. The van der Waals surface area contributed by atoms with Gasteiger partial charge in [-0.25, -0.2) is 0 Å². The predicted octanol–water partition coefficient (Wildman–Crippen LogP) is 3.71. The number of benzene rings is 2. The van der Waals surface area contributed by atoms with E-state index in [1.165, 1.54) is 5.56 Å². The van der Waals surface area contributed by atoms with Crippen molar-refractivity contribution in [3.63, 3.8) is 0 Å². The van der Waals surface area contributed by atoms with Gasteiger partial charge in [0.1, 0.15) is 18.1 Å². The standard InChI is InChI=1S/C23H28N2O3/c1-18(25-17-26)14-23(13-10-19-8-11-22(27-3)12-9-19)28-16-21-7-5-4-6-20(21)15-24-2/h4-9,11-14,17,24H,10,15-16H2,1-3H3,(H,25,26)/b18-14-,23-13+. The summed E-state index contributed by atoms with van der Waals surface area (Å²) >= 11 is 0. The predicted molar refractivity (Wildman–Crippen MR) is 112 cm³/mol. The average Bonchev–Trinajstić information content (AvgIpc) is 2.71. The van der Waals surface area contributed by atoms with Gasteiger partial charge in [-0.2, -0.15) is 0 Å². The summed E-state index contributed by atoms with van der Waals surface area (Å²) in [6.07, 6.45) is 5.22. The minimum atomic E-state index is 0.456. The molecule has 1 amide bonds. The summed E-state index contributed by atoms with van der Waals surface area (Å²) in [5.41, 5.74) is 4.19. The first-order valence-electron chi connectivity index (χ1n) is 9.22. The van der Waals surface area contributed by atoms with E-state index in [0.717, 1.165) is 29.1 Å². The number of rotatable bonds is 11. The molecule has 0 spiro atoms. The third-order valence-electron chi connectivity index (χ3n) is 4.22. The lowest BCUT2D eigenvalue weighted by atomic mass is 10.1. The maximum atomic E-state index is 10.7. The molecule has 28 heavy (non-hydrogen) atoms. The number of carbonyl (C=O) groups is 1. The Morgan fingerprint density at radius 1 is 1.07 bits per heavy atom. The van der Waals surface area contributed by atoms with Crippen LogP contribution < -0.4 is 15.4 Å². The van der Waals surface area contributed by atoms with Crippen molar-refractivity contribution < 1.29 is 14.3 Å². The zero-order chi connectivity index (χ0) is 20.2. The van der Waals surface area contributed by atoms with E-state index in [0.29, 0.717) is 25.2 Å². The number of ether oxygens (including phenoxy) is 2. The molecule has 2 aromatic rings. The quantitative estimate of drug-likeness (QED) is 0.354. The average molecular weight is 380 g/mol. The number of hydrogen-bond acceptors (Lipinski definition) is 4. The highest BCUT2D eigenvalue weighted by Crippen LogP contribution is 2.16. The van der Waals surface area contributed by atoms with Crippen molar-refractivity contribution in [1.82, 2.24) is 10.6 Å². The van der Waals surface area contributed by atoms with E-state index >= 15 is 0 Å². The van der Waals surface area contributed by atoms with Crippen LogP contribution in [0.1, 0.15) is 23.6 Å². The second-order valence-electron chi connectivity index (χ2n) is 6.34. The van der Waals surface area contributed by atoms with E-state index in [-0.39, 0.29) is 0 Å². The van der Waals surface area contributed by atoms with Gasteiger partial charge in [0.05, 0.1) is 7.11 Å². The van der Waals surface area contributed by atoms with Crippen LogP contribution in [0.15, 0.2) is 72.1 Å². The normalized spacial score (nSPS) is 11.8. The number of methoxy groups -OCH3 is 1. The lowest BCUT2D eigenvalue weighted by Crippen LogP contribution is -2.09. The van der Waals surface area contributed by atoms with Crippen LogP contribution in [-0.2, 0) is 29.1 Å². The van der Waals surface area contributed by atoms with Gasteiger partial charge in [0, 0.05) is 12.2 Å². The summed E-state index contributed by atoms with van der Waals surface area (Å²) in [4.78, 5) is 10.7. The van der Waals surface area contributed by atoms with Crippen molar-refractivity contribution in [3.05, 3.63) is 88.8 Å². The molecule has 0 heterocycles. The molecule has 2 rings (SSSR count). The maximum absolute atomic E-state index is 10.7. The Morgan fingerprint density at radius 2 is 1.79 bits per heavy atom. The minimum absolute atomic E-state index is 0.456. The summed E-state index contributed by atoms with van der Waals surface area (Å²) < 4.78 is 11.3. The van der Waals surface area contributed by atoms with Crippen molar-refractivity contribution in [3.8, 4) is 5.75 Å². The highest BCUT2D eigenvalue weighted by Gasteiger charge is 2.04. The van der Waals surface area contributed by atoms with Gasteiger partial charge in [-0.15, -0.1) is 0 Å². The Morgan fingerprint density at radius 3 is 2.43 bits per heavy atom. The zero-order valence-electron chi connectivity index (χ0n) is 16.7. The van der Waals surface area contributed by atoms with Gasteiger partial charge in [0.2, 0.25) is 6.41 Å². The van der Waals surface area contributed by atoms with Crippen LogP contribution in [-0.4, -0.2) is 20.6 Å². The molecule has 0 aromatic heterocycles. The molecular weight excluding hydrogens is 352 g/mol. The van der Waals surface area contributed by atoms with Gasteiger partial charge in [-0.1, -0.05) is 36.4 Å². The van der Waals surface area contributed by atoms with Crippen LogP contribution in [0.4, 0.5) is 0 Å². The molecule has 5 heteroatoms. The molecule has 0 aliphatic carbocycles. The van der Waals surface area contributed by atoms with Gasteiger partial charge in [0.15, 0.2) is 0 Å². The lowest BCUT2D eigenvalue weighted by Gasteiger charge is -2.12. The third-order valence-corrected chi connectivity index (χ3v) is 4.22. The fraction of sp³-hybridized carbons (Fsp3) is 0.261. The molecule has 2 aromatic carbocycles. The molecule has 0 fully saturated rings. The van der Waals surface area contributed by atoms with Gasteiger partial charge < -0.3 is 20.1 Å². The highest BCUT2D eigenvalue weighted by molar-refractivity contribution is 5.50. The first kappa shape index (κ1) is 21.3. The summed E-state index contributed by atoms with van der Waals surface area (Å²) in [5.74, 6) is 1.54. The van der Waals surface area contributed by atoms with Crippen molar-refractivity contribution >= 4 is 6.41 Å². The monoisotopic (exact) mass is 380 g/mol. The molecule has 0 saturated carbocycles. The van der Waals surface area contributed by atoms with Crippen LogP contribution in [0.5, 0.6) is 5.75 Å². The van der Waals surface area contributed by atoms with Crippen LogP contribution in [0.3, 0.4) is 0 Å². The Hall–Kier alpha value is -3.05. The summed E-state index contributed by atoms with van der Waals surface area (Å²) in [5, 5.41) is 5.83. The van der Waals surface area contributed by atoms with Crippen molar-refractivity contribution in [1.29, 1.82) is 0 Å². The zero-order valence-corrected chi connectivity index (χ0v) is 16.7. The van der Waals surface area contributed by atoms with E-state index < -0.39 is 0 Å². The van der Waals surface area contributed by atoms with Gasteiger partial charge in [0.25, 0.3) is 0 Å². The van der Waals surface area contributed by atoms with Crippen LogP contribution >= 0.6 is 0 Å². The second-order valence-corrected chi connectivity index (χ2v) is 6.34. The molecule has 0 saturated heterocycles. The van der Waals surface area contributed by atoms with E-state index in [4.69, 9.17) is 9.47 Å². The molecule has 0 bridgehead atoms. The van der Waals surface area contributed by atoms with Crippen LogP contribution in [0, 0.1) is 0 Å². The molecule has 148 valence electrons. The van der Waals surface area contributed by atoms with Crippen molar-refractivity contribution in [2.75, 3.05) is 14.2 Å². The summed E-state index contributed by atoms with van der Waals surface area (Å²) in [6, 6.07) is 16.1. The minimum Gasteiger partial charge on any atom is -0.497 e. The SMILES string of the molecule is CNCc1ccccc1COC(/C=C(/C)NC=O)=C/Cc1ccc(OC)cc1. The Balaban J connectivity index is 2.14. The van der Waals surface area contributed by atoms with E-state index in [2.05, 4.69) is 22.8 Å². The molecule has 2 N–H and O–H groups in total. The van der Waals surface area contributed by atoms with Crippen LogP contribution in [0.25, 0.3) is 0 Å². The fourth-order valence-electron chi connectivity index (χ4n) is 2.71. The van der Waals surface area contributed by atoms with Gasteiger partial charge in [-0.3, -0.25) is 4.79 Å². The topological polar surface area (TPSA) is 59.6 Å². The summed E-state index contributed by atoms with van der Waals surface area (Å²) in [6.45, 7) is 3.07. The Labute approximate surface area is 167 Å². The molecule has 5 nitrogen and oxygen atoms in total. The first-order chi connectivity index (χ1) is 13.7. The number of carbonyl (C=O) groups excluding carboxylic acids is 1. The number of allylic oxidation sites excluding steroid dienone is 3. The number of amides is 1. The smallest absolute Gasteiger partial charge is 0.211 e. The third kappa shape index (κ3) is 6.93. The van der Waals surface area contributed by atoms with Gasteiger partial charge >= 0.3 is 0 Å². The first-order valence-corrected chi connectivity index (χ1v) is 9.22. The molecule has 0 unspecified atom stereocenters. The molecule has 0 aliphatic rings. The van der Waals surface area contributed by atoms with E-state index in [1.54, 1.807) is 7.11 Å². The highest BCUT2D eigenvalue weighted by atomic mass is 16.5. The molecule has 0 aliphatic heterocycles.